The van der Waals surface area contributed by atoms with Crippen molar-refractivity contribution in [2.24, 2.45) is 5.92 Å². The summed E-state index contributed by atoms with van der Waals surface area (Å²) in [5.74, 6) is -2.40. The molecule has 0 radical (unpaired) electrons. The lowest BCUT2D eigenvalue weighted by atomic mass is 10.2. The van der Waals surface area contributed by atoms with Crippen LogP contribution >= 0.6 is 11.6 Å². The van der Waals surface area contributed by atoms with E-state index in [9.17, 15) is 14.0 Å². The van der Waals surface area contributed by atoms with Gasteiger partial charge in [-0.25, -0.2) is 9.18 Å². The molecule has 5 nitrogen and oxygen atoms in total. The van der Waals surface area contributed by atoms with E-state index >= 15 is 0 Å². The summed E-state index contributed by atoms with van der Waals surface area (Å²) in [4.78, 5) is 21.9. The number of hydrogen-bond acceptors (Lipinski definition) is 2. The summed E-state index contributed by atoms with van der Waals surface area (Å²) in [6, 6.07) is 3.14. The Labute approximate surface area is 108 Å². The van der Waals surface area contributed by atoms with Crippen molar-refractivity contribution in [2.75, 3.05) is 11.9 Å². The van der Waals surface area contributed by atoms with E-state index < -0.39 is 23.7 Å². The molecule has 1 aromatic rings. The Balaban J connectivity index is 2.52. The summed E-state index contributed by atoms with van der Waals surface area (Å²) < 4.78 is 13.3. The monoisotopic (exact) mass is 274 g/mol. The number of anilines is 1. The lowest BCUT2D eigenvalue weighted by Crippen LogP contribution is -2.34. The largest absolute Gasteiger partial charge is 0.481 e. The van der Waals surface area contributed by atoms with Crippen molar-refractivity contribution in [3.05, 3.63) is 29.0 Å². The van der Waals surface area contributed by atoms with Gasteiger partial charge in [0.2, 0.25) is 0 Å². The molecule has 0 aliphatic carbocycles. The highest BCUT2D eigenvalue weighted by Crippen LogP contribution is 2.18. The summed E-state index contributed by atoms with van der Waals surface area (Å²) in [6.45, 7) is 1.40. The molecule has 1 atom stereocenters. The van der Waals surface area contributed by atoms with Crippen LogP contribution in [0, 0.1) is 11.7 Å². The van der Waals surface area contributed by atoms with Gasteiger partial charge >= 0.3 is 12.0 Å². The van der Waals surface area contributed by atoms with Crippen LogP contribution in [0.5, 0.6) is 0 Å². The molecule has 0 saturated carbocycles. The SMILES string of the molecule is CC(CNC(=O)Nc1ccc(Cl)cc1F)C(=O)O. The molecule has 7 heteroatoms. The van der Waals surface area contributed by atoms with Gasteiger partial charge < -0.3 is 15.7 Å². The van der Waals surface area contributed by atoms with Crippen molar-refractivity contribution >= 4 is 29.3 Å². The zero-order chi connectivity index (χ0) is 13.7. The number of urea groups is 1. The maximum atomic E-state index is 13.3. The van der Waals surface area contributed by atoms with Crippen LogP contribution in [0.1, 0.15) is 6.92 Å². The molecule has 0 aliphatic rings. The number of rotatable bonds is 4. The van der Waals surface area contributed by atoms with Gasteiger partial charge in [-0.15, -0.1) is 0 Å². The van der Waals surface area contributed by atoms with Crippen molar-refractivity contribution in [3.8, 4) is 0 Å². The van der Waals surface area contributed by atoms with Gasteiger partial charge in [0.25, 0.3) is 0 Å². The molecule has 0 fully saturated rings. The van der Waals surface area contributed by atoms with Gasteiger partial charge in [-0.2, -0.15) is 0 Å². The number of hydrogen-bond donors (Lipinski definition) is 3. The van der Waals surface area contributed by atoms with E-state index in [0.29, 0.717) is 0 Å². The number of amides is 2. The number of carboxylic acid groups (broad SMARTS) is 1. The highest BCUT2D eigenvalue weighted by molar-refractivity contribution is 6.30. The Hall–Kier alpha value is -1.82. The maximum absolute atomic E-state index is 13.3. The van der Waals surface area contributed by atoms with Gasteiger partial charge in [-0.1, -0.05) is 18.5 Å². The third-order valence-electron chi connectivity index (χ3n) is 2.17. The molecule has 98 valence electrons. The van der Waals surface area contributed by atoms with Gasteiger partial charge in [-0.05, 0) is 18.2 Å². The average molecular weight is 275 g/mol. The Morgan fingerprint density at radius 1 is 1.50 bits per heavy atom. The summed E-state index contributed by atoms with van der Waals surface area (Å²) in [6.07, 6.45) is 0. The Morgan fingerprint density at radius 3 is 2.72 bits per heavy atom. The standard InChI is InChI=1S/C11H12ClFN2O3/c1-6(10(16)17)5-14-11(18)15-9-3-2-7(12)4-8(9)13/h2-4,6H,5H2,1H3,(H,16,17)(H2,14,15,18). The van der Waals surface area contributed by atoms with E-state index in [2.05, 4.69) is 10.6 Å². The van der Waals surface area contributed by atoms with Crippen molar-refractivity contribution in [3.63, 3.8) is 0 Å². The zero-order valence-corrected chi connectivity index (χ0v) is 10.3. The van der Waals surface area contributed by atoms with E-state index in [4.69, 9.17) is 16.7 Å². The molecule has 1 aromatic carbocycles. The van der Waals surface area contributed by atoms with Gasteiger partial charge in [0.15, 0.2) is 0 Å². The zero-order valence-electron chi connectivity index (χ0n) is 9.54. The molecule has 18 heavy (non-hydrogen) atoms. The lowest BCUT2D eigenvalue weighted by molar-refractivity contribution is -0.140. The second-order valence-electron chi connectivity index (χ2n) is 3.70. The highest BCUT2D eigenvalue weighted by atomic mass is 35.5. The second-order valence-corrected chi connectivity index (χ2v) is 4.13. The minimum absolute atomic E-state index is 0.0279. The van der Waals surface area contributed by atoms with E-state index in [-0.39, 0.29) is 17.3 Å². The second kappa shape index (κ2) is 6.20. The van der Waals surface area contributed by atoms with Crippen LogP contribution in [0.25, 0.3) is 0 Å². The number of carbonyl (C=O) groups is 2. The Morgan fingerprint density at radius 2 is 2.17 bits per heavy atom. The molecule has 1 rings (SSSR count). The van der Waals surface area contributed by atoms with E-state index in [1.165, 1.54) is 19.1 Å². The number of halogens is 2. The third kappa shape index (κ3) is 4.21. The number of nitrogens with one attached hydrogen (secondary N) is 2. The van der Waals surface area contributed by atoms with Crippen LogP contribution in [0.3, 0.4) is 0 Å². The normalized spacial score (nSPS) is 11.7. The van der Waals surface area contributed by atoms with Crippen LogP contribution in [-0.4, -0.2) is 23.7 Å². The molecule has 1 unspecified atom stereocenters. The molecule has 0 bridgehead atoms. The van der Waals surface area contributed by atoms with Gasteiger partial charge in [0.05, 0.1) is 11.6 Å². The van der Waals surface area contributed by atoms with Crippen LogP contribution in [0.2, 0.25) is 5.02 Å². The van der Waals surface area contributed by atoms with E-state index in [0.717, 1.165) is 6.07 Å². The molecule has 0 saturated heterocycles. The smallest absolute Gasteiger partial charge is 0.319 e. The topological polar surface area (TPSA) is 78.4 Å². The van der Waals surface area contributed by atoms with E-state index in [1.807, 2.05) is 0 Å². The molecule has 0 aliphatic heterocycles. The average Bonchev–Trinajstić information content (AvgIpc) is 2.29. The Bertz CT molecular complexity index is 468. The summed E-state index contributed by atoms with van der Waals surface area (Å²) in [5, 5.41) is 13.4. The lowest BCUT2D eigenvalue weighted by Gasteiger charge is -2.10. The van der Waals surface area contributed by atoms with E-state index in [1.54, 1.807) is 0 Å². The predicted molar refractivity (Wildman–Crippen MR) is 65.2 cm³/mol. The molecule has 0 spiro atoms. The van der Waals surface area contributed by atoms with Gasteiger partial charge in [0, 0.05) is 11.6 Å². The fourth-order valence-corrected chi connectivity index (χ4v) is 1.25. The first kappa shape index (κ1) is 14.2. The first-order chi connectivity index (χ1) is 8.40. The summed E-state index contributed by atoms with van der Waals surface area (Å²) >= 11 is 5.56. The number of carboxylic acids is 1. The molecule has 0 heterocycles. The maximum Gasteiger partial charge on any atom is 0.319 e. The summed E-state index contributed by atoms with van der Waals surface area (Å²) in [7, 11) is 0. The highest BCUT2D eigenvalue weighted by Gasteiger charge is 2.13. The molecular weight excluding hydrogens is 263 g/mol. The minimum Gasteiger partial charge on any atom is -0.481 e. The van der Waals surface area contributed by atoms with Crippen molar-refractivity contribution in [2.45, 2.75) is 6.92 Å². The number of carbonyl (C=O) groups excluding carboxylic acids is 1. The molecule has 3 N–H and O–H groups in total. The van der Waals surface area contributed by atoms with Crippen molar-refractivity contribution < 1.29 is 19.1 Å². The third-order valence-corrected chi connectivity index (χ3v) is 2.40. The van der Waals surface area contributed by atoms with Crippen molar-refractivity contribution in [1.29, 1.82) is 0 Å². The van der Waals surface area contributed by atoms with Crippen LogP contribution < -0.4 is 10.6 Å². The van der Waals surface area contributed by atoms with Crippen molar-refractivity contribution in [1.82, 2.24) is 5.32 Å². The first-order valence-electron chi connectivity index (χ1n) is 5.13. The first-order valence-corrected chi connectivity index (χ1v) is 5.50. The minimum atomic E-state index is -1.02. The van der Waals surface area contributed by atoms with Crippen LogP contribution in [0.15, 0.2) is 18.2 Å². The predicted octanol–water partition coefficient (Wildman–Crippen LogP) is 2.32. The molecular formula is C11H12ClFN2O3. The molecule has 2 amide bonds. The fraction of sp³-hybridized carbons (Fsp3) is 0.273. The fourth-order valence-electron chi connectivity index (χ4n) is 1.09. The number of benzene rings is 1. The van der Waals surface area contributed by atoms with Crippen LogP contribution in [-0.2, 0) is 4.79 Å². The van der Waals surface area contributed by atoms with Crippen LogP contribution in [0.4, 0.5) is 14.9 Å². The quantitative estimate of drug-likeness (QED) is 0.788. The Kier molecular flexibility index (Phi) is 4.91. The molecule has 0 aromatic heterocycles. The van der Waals surface area contributed by atoms with Gasteiger partial charge in [0.1, 0.15) is 5.82 Å². The number of aliphatic carboxylic acids is 1. The summed E-state index contributed by atoms with van der Waals surface area (Å²) in [5.41, 5.74) is -0.0279. The van der Waals surface area contributed by atoms with Gasteiger partial charge in [-0.3, -0.25) is 4.79 Å².